The van der Waals surface area contributed by atoms with Crippen molar-refractivity contribution in [2.75, 3.05) is 6.61 Å². The van der Waals surface area contributed by atoms with Crippen molar-refractivity contribution in [2.45, 2.75) is 64.4 Å². The lowest BCUT2D eigenvalue weighted by molar-refractivity contribution is -0.143. The largest absolute Gasteiger partial charge is 0.484 e. The molecule has 0 unspecified atom stereocenters. The van der Waals surface area contributed by atoms with E-state index in [9.17, 15) is 4.79 Å². The standard InChI is InChI=1S/C19H24N4O4/c1-5-25-15(24)7-6-10-23-17(20-21-22-23)12-8-9-14-13(11-12)16-19(4,27-16)18(2,3)26-14/h8-9,11,16H,5-7,10H2,1-4H3/t16-,19-/m0/s1. The quantitative estimate of drug-likeness (QED) is 0.568. The van der Waals surface area contributed by atoms with Gasteiger partial charge in [0.2, 0.25) is 0 Å². The first-order valence-corrected chi connectivity index (χ1v) is 9.28. The van der Waals surface area contributed by atoms with E-state index in [4.69, 9.17) is 14.2 Å². The summed E-state index contributed by atoms with van der Waals surface area (Å²) in [6.45, 7) is 8.91. The zero-order chi connectivity index (χ0) is 19.2. The van der Waals surface area contributed by atoms with Gasteiger partial charge in [0.1, 0.15) is 23.1 Å². The van der Waals surface area contributed by atoms with Gasteiger partial charge in [-0.25, -0.2) is 4.68 Å². The topological polar surface area (TPSA) is 91.7 Å². The Kier molecular flexibility index (Phi) is 4.18. The van der Waals surface area contributed by atoms with Gasteiger partial charge in [-0.1, -0.05) is 0 Å². The number of carbonyl (C=O) groups excluding carboxylic acids is 1. The van der Waals surface area contributed by atoms with Crippen LogP contribution in [0, 0.1) is 0 Å². The van der Waals surface area contributed by atoms with Gasteiger partial charge < -0.3 is 14.2 Å². The van der Waals surface area contributed by atoms with Crippen LogP contribution in [0.3, 0.4) is 0 Å². The molecule has 1 aromatic carbocycles. The number of aryl methyl sites for hydroxylation is 1. The lowest BCUT2D eigenvalue weighted by atomic mass is 9.83. The molecule has 3 heterocycles. The Labute approximate surface area is 157 Å². The summed E-state index contributed by atoms with van der Waals surface area (Å²) in [5.74, 6) is 1.30. The molecule has 8 heteroatoms. The van der Waals surface area contributed by atoms with Gasteiger partial charge >= 0.3 is 5.97 Å². The van der Waals surface area contributed by atoms with E-state index in [1.54, 1.807) is 11.6 Å². The molecule has 0 radical (unpaired) electrons. The maximum absolute atomic E-state index is 11.5. The zero-order valence-electron chi connectivity index (χ0n) is 16.1. The summed E-state index contributed by atoms with van der Waals surface area (Å²) in [5.41, 5.74) is 1.23. The zero-order valence-corrected chi connectivity index (χ0v) is 16.1. The van der Waals surface area contributed by atoms with Crippen molar-refractivity contribution in [3.63, 3.8) is 0 Å². The second-order valence-electron chi connectivity index (χ2n) is 7.60. The van der Waals surface area contributed by atoms with Crippen molar-refractivity contribution in [1.82, 2.24) is 20.2 Å². The van der Waals surface area contributed by atoms with E-state index in [1.165, 1.54) is 0 Å². The Balaban J connectivity index is 1.53. The number of fused-ring (bicyclic) bond motifs is 3. The third-order valence-electron chi connectivity index (χ3n) is 5.50. The highest BCUT2D eigenvalue weighted by Gasteiger charge is 2.67. The lowest BCUT2D eigenvalue weighted by Crippen LogP contribution is -2.45. The van der Waals surface area contributed by atoms with Crippen LogP contribution in [-0.2, 0) is 20.8 Å². The van der Waals surface area contributed by atoms with E-state index in [0.717, 1.165) is 16.9 Å². The summed E-state index contributed by atoms with van der Waals surface area (Å²) in [6.07, 6.45) is 0.974. The SMILES string of the molecule is CCOC(=O)CCCn1nnnc1-c1ccc2c(c1)[C@@H]1O[C@]1(C)C(C)(C)O2. The van der Waals surface area contributed by atoms with Gasteiger partial charge in [0.05, 0.1) is 6.61 Å². The Morgan fingerprint density at radius 3 is 2.93 bits per heavy atom. The normalized spacial score (nSPS) is 24.5. The number of ether oxygens (including phenoxy) is 3. The number of aromatic nitrogens is 4. The van der Waals surface area contributed by atoms with E-state index in [2.05, 4.69) is 22.4 Å². The maximum atomic E-state index is 11.5. The minimum Gasteiger partial charge on any atom is -0.484 e. The summed E-state index contributed by atoms with van der Waals surface area (Å²) >= 11 is 0. The summed E-state index contributed by atoms with van der Waals surface area (Å²) in [7, 11) is 0. The molecule has 1 saturated heterocycles. The Hall–Kier alpha value is -2.48. The van der Waals surface area contributed by atoms with Crippen molar-refractivity contribution in [1.29, 1.82) is 0 Å². The predicted octanol–water partition coefficient (Wildman–Crippen LogP) is 2.68. The summed E-state index contributed by atoms with van der Waals surface area (Å²) < 4.78 is 18.8. The number of esters is 1. The molecule has 4 rings (SSSR count). The van der Waals surface area contributed by atoms with E-state index in [0.29, 0.717) is 31.8 Å². The fraction of sp³-hybridized carbons (Fsp3) is 0.579. The molecular formula is C19H24N4O4. The van der Waals surface area contributed by atoms with Crippen molar-refractivity contribution in [3.8, 4) is 17.1 Å². The molecule has 2 aliphatic heterocycles. The van der Waals surface area contributed by atoms with Gasteiger partial charge in [-0.2, -0.15) is 0 Å². The number of benzene rings is 1. The molecule has 0 saturated carbocycles. The van der Waals surface area contributed by atoms with Crippen molar-refractivity contribution in [2.24, 2.45) is 0 Å². The highest BCUT2D eigenvalue weighted by Crippen LogP contribution is 2.62. The van der Waals surface area contributed by atoms with E-state index < -0.39 is 0 Å². The predicted molar refractivity (Wildman–Crippen MR) is 96.1 cm³/mol. The molecule has 27 heavy (non-hydrogen) atoms. The molecule has 2 aromatic rings. The van der Waals surface area contributed by atoms with Gasteiger partial charge in [0.15, 0.2) is 5.82 Å². The molecule has 2 atom stereocenters. The first-order chi connectivity index (χ1) is 12.9. The molecule has 0 bridgehead atoms. The van der Waals surface area contributed by atoms with E-state index in [-0.39, 0.29) is 23.3 Å². The Bertz CT molecular complexity index is 878. The molecule has 0 aliphatic carbocycles. The number of epoxide rings is 1. The number of tetrazole rings is 1. The molecule has 1 aromatic heterocycles. The van der Waals surface area contributed by atoms with Crippen LogP contribution < -0.4 is 4.74 Å². The fourth-order valence-electron chi connectivity index (χ4n) is 3.56. The molecule has 0 amide bonds. The number of hydrogen-bond acceptors (Lipinski definition) is 7. The Morgan fingerprint density at radius 2 is 2.15 bits per heavy atom. The fourth-order valence-corrected chi connectivity index (χ4v) is 3.56. The molecule has 0 spiro atoms. The monoisotopic (exact) mass is 372 g/mol. The second kappa shape index (κ2) is 6.30. The van der Waals surface area contributed by atoms with Gasteiger partial charge in [0, 0.05) is 24.1 Å². The minimum atomic E-state index is -0.374. The average molecular weight is 372 g/mol. The van der Waals surface area contributed by atoms with Crippen LogP contribution >= 0.6 is 0 Å². The number of nitrogens with zero attached hydrogens (tertiary/aromatic N) is 4. The van der Waals surface area contributed by atoms with Gasteiger partial charge in [-0.15, -0.1) is 5.10 Å². The van der Waals surface area contributed by atoms with Gasteiger partial charge in [0.25, 0.3) is 0 Å². The highest BCUT2D eigenvalue weighted by molar-refractivity contribution is 5.69. The number of rotatable bonds is 6. The minimum absolute atomic E-state index is 0.0179. The van der Waals surface area contributed by atoms with Crippen LogP contribution in [0.2, 0.25) is 0 Å². The van der Waals surface area contributed by atoms with Crippen LogP contribution in [0.25, 0.3) is 11.4 Å². The van der Waals surface area contributed by atoms with Crippen LogP contribution in [0.4, 0.5) is 0 Å². The maximum Gasteiger partial charge on any atom is 0.305 e. The van der Waals surface area contributed by atoms with Crippen LogP contribution in [-0.4, -0.2) is 44.0 Å². The van der Waals surface area contributed by atoms with Crippen LogP contribution in [0.5, 0.6) is 5.75 Å². The van der Waals surface area contributed by atoms with E-state index >= 15 is 0 Å². The van der Waals surface area contributed by atoms with E-state index in [1.807, 2.05) is 32.0 Å². The molecular weight excluding hydrogens is 348 g/mol. The number of carbonyl (C=O) groups is 1. The van der Waals surface area contributed by atoms with Gasteiger partial charge in [-0.3, -0.25) is 4.79 Å². The Morgan fingerprint density at radius 1 is 1.33 bits per heavy atom. The molecule has 144 valence electrons. The van der Waals surface area contributed by atoms with Crippen molar-refractivity contribution < 1.29 is 19.0 Å². The summed E-state index contributed by atoms with van der Waals surface area (Å²) in [4.78, 5) is 11.5. The van der Waals surface area contributed by atoms with Crippen molar-refractivity contribution >= 4 is 5.97 Å². The summed E-state index contributed by atoms with van der Waals surface area (Å²) in [5, 5.41) is 12.0. The van der Waals surface area contributed by atoms with Crippen LogP contribution in [0.15, 0.2) is 18.2 Å². The first kappa shape index (κ1) is 17.9. The lowest BCUT2D eigenvalue weighted by Gasteiger charge is -2.35. The molecule has 1 fully saturated rings. The van der Waals surface area contributed by atoms with Gasteiger partial charge in [-0.05, 0) is 62.7 Å². The van der Waals surface area contributed by atoms with Crippen LogP contribution in [0.1, 0.15) is 52.2 Å². The third kappa shape index (κ3) is 2.97. The molecule has 2 aliphatic rings. The average Bonchev–Trinajstić information content (AvgIpc) is 3.12. The first-order valence-electron chi connectivity index (χ1n) is 9.28. The molecule has 0 N–H and O–H groups in total. The number of hydrogen-bond donors (Lipinski definition) is 0. The smallest absolute Gasteiger partial charge is 0.305 e. The highest BCUT2D eigenvalue weighted by atomic mass is 16.7. The summed E-state index contributed by atoms with van der Waals surface area (Å²) in [6, 6.07) is 5.94. The second-order valence-corrected chi connectivity index (χ2v) is 7.60. The third-order valence-corrected chi connectivity index (χ3v) is 5.50. The molecule has 8 nitrogen and oxygen atoms in total. The van der Waals surface area contributed by atoms with Crippen molar-refractivity contribution in [3.05, 3.63) is 23.8 Å².